The minimum atomic E-state index is -0.482. The van der Waals surface area contributed by atoms with Gasteiger partial charge in [0, 0.05) is 35.4 Å². The molecule has 26 heavy (non-hydrogen) atoms. The fourth-order valence-electron chi connectivity index (χ4n) is 2.97. The molecular formula is C18H16FIN4O2. The maximum atomic E-state index is 14.1. The van der Waals surface area contributed by atoms with Gasteiger partial charge < -0.3 is 14.2 Å². The number of rotatable bonds is 2. The first-order valence-electron chi connectivity index (χ1n) is 8.25. The molecule has 134 valence electrons. The Morgan fingerprint density at radius 3 is 2.65 bits per heavy atom. The lowest BCUT2D eigenvalue weighted by molar-refractivity contribution is 0.0740. The summed E-state index contributed by atoms with van der Waals surface area (Å²) in [7, 11) is 0. The lowest BCUT2D eigenvalue weighted by atomic mass is 10.1. The molecule has 0 unspecified atom stereocenters. The van der Waals surface area contributed by atoms with Crippen molar-refractivity contribution < 1.29 is 13.6 Å². The Kier molecular flexibility index (Phi) is 4.51. The Morgan fingerprint density at radius 2 is 1.92 bits per heavy atom. The third kappa shape index (κ3) is 3.25. The van der Waals surface area contributed by atoms with Crippen LogP contribution >= 0.6 is 22.6 Å². The third-order valence-electron chi connectivity index (χ3n) is 4.38. The van der Waals surface area contributed by atoms with Gasteiger partial charge in [-0.3, -0.25) is 4.79 Å². The summed E-state index contributed by atoms with van der Waals surface area (Å²) in [5.41, 5.74) is 2.22. The number of carbonyl (C=O) groups excluding carboxylic acids is 1. The minimum Gasteiger partial charge on any atom is -0.422 e. The summed E-state index contributed by atoms with van der Waals surface area (Å²) in [5, 5.41) is 0. The van der Waals surface area contributed by atoms with Gasteiger partial charge in [0.15, 0.2) is 5.58 Å². The average Bonchev–Trinajstić information content (AvgIpc) is 3.04. The summed E-state index contributed by atoms with van der Waals surface area (Å²) < 4.78 is 20.6. The first kappa shape index (κ1) is 17.2. The number of fused-ring (bicyclic) bond motifs is 1. The van der Waals surface area contributed by atoms with Crippen molar-refractivity contribution in [3.05, 3.63) is 51.0 Å². The molecule has 1 saturated heterocycles. The number of benzene rings is 1. The van der Waals surface area contributed by atoms with Crippen LogP contribution in [0.25, 0.3) is 11.2 Å². The summed E-state index contributed by atoms with van der Waals surface area (Å²) >= 11 is 2.02. The topological polar surface area (TPSA) is 62.5 Å². The molecular weight excluding hydrogens is 450 g/mol. The zero-order valence-electron chi connectivity index (χ0n) is 14.1. The van der Waals surface area contributed by atoms with Gasteiger partial charge in [0.2, 0.25) is 5.65 Å². The molecule has 6 nitrogen and oxygen atoms in total. The van der Waals surface area contributed by atoms with Crippen LogP contribution in [0.5, 0.6) is 0 Å². The molecule has 0 bridgehead atoms. The Morgan fingerprint density at radius 1 is 1.15 bits per heavy atom. The molecule has 3 aromatic rings. The number of aromatic nitrogens is 2. The number of amides is 1. The van der Waals surface area contributed by atoms with E-state index in [2.05, 4.69) is 9.97 Å². The second kappa shape index (κ2) is 6.82. The number of hydrogen-bond donors (Lipinski definition) is 0. The van der Waals surface area contributed by atoms with Crippen molar-refractivity contribution in [3.63, 3.8) is 0 Å². The predicted octanol–water partition coefficient (Wildman–Crippen LogP) is 3.24. The smallest absolute Gasteiger partial charge is 0.300 e. The van der Waals surface area contributed by atoms with Crippen molar-refractivity contribution >= 4 is 45.7 Å². The number of nitrogens with zero attached hydrogens (tertiary/aromatic N) is 4. The van der Waals surface area contributed by atoms with E-state index in [1.54, 1.807) is 17.0 Å². The largest absolute Gasteiger partial charge is 0.422 e. The molecule has 0 aliphatic carbocycles. The maximum absolute atomic E-state index is 14.1. The Hall–Kier alpha value is -2.23. The highest BCUT2D eigenvalue weighted by molar-refractivity contribution is 14.1. The Balaban J connectivity index is 1.47. The van der Waals surface area contributed by atoms with E-state index in [4.69, 9.17) is 4.42 Å². The number of piperazine rings is 1. The van der Waals surface area contributed by atoms with Crippen molar-refractivity contribution in [2.24, 2.45) is 0 Å². The highest BCUT2D eigenvalue weighted by Crippen LogP contribution is 2.23. The van der Waals surface area contributed by atoms with Crippen LogP contribution in [0, 0.1) is 16.3 Å². The molecule has 1 fully saturated rings. The van der Waals surface area contributed by atoms with Crippen molar-refractivity contribution in [2.75, 3.05) is 31.1 Å². The molecule has 4 rings (SSSR count). The molecule has 3 heterocycles. The van der Waals surface area contributed by atoms with Crippen molar-refractivity contribution in [1.82, 2.24) is 14.9 Å². The number of oxazole rings is 1. The minimum absolute atomic E-state index is 0.111. The van der Waals surface area contributed by atoms with Crippen molar-refractivity contribution in [2.45, 2.75) is 6.92 Å². The van der Waals surface area contributed by atoms with Gasteiger partial charge >= 0.3 is 0 Å². The first-order valence-corrected chi connectivity index (χ1v) is 9.32. The van der Waals surface area contributed by atoms with Gasteiger partial charge in [-0.05, 0) is 59.8 Å². The van der Waals surface area contributed by atoms with Crippen LogP contribution < -0.4 is 4.90 Å². The lowest BCUT2D eigenvalue weighted by Gasteiger charge is -2.33. The van der Waals surface area contributed by atoms with Gasteiger partial charge in [-0.15, -0.1) is 0 Å². The fraction of sp³-hybridized carbons (Fsp3) is 0.278. The summed E-state index contributed by atoms with van der Waals surface area (Å²) in [6.45, 7) is 4.01. The molecule has 0 N–H and O–H groups in total. The van der Waals surface area contributed by atoms with E-state index in [0.717, 1.165) is 9.26 Å². The molecule has 0 saturated carbocycles. The van der Waals surface area contributed by atoms with Crippen LogP contribution in [0.3, 0.4) is 0 Å². The second-order valence-corrected chi connectivity index (χ2v) is 7.42. The van der Waals surface area contributed by atoms with Gasteiger partial charge in [0.25, 0.3) is 11.9 Å². The zero-order valence-corrected chi connectivity index (χ0v) is 16.2. The normalized spacial score (nSPS) is 14.9. The quantitative estimate of drug-likeness (QED) is 0.543. The van der Waals surface area contributed by atoms with E-state index in [1.807, 2.05) is 46.5 Å². The monoisotopic (exact) mass is 466 g/mol. The molecule has 1 amide bonds. The standard InChI is InChI=1S/C18H16FIN4O2/c1-11-2-5-15-16(21-11)22-18(26-15)24-8-6-23(7-9-24)17(25)13-4-3-12(20)10-14(13)19/h2-5,10H,6-9H2,1H3. The molecule has 1 aliphatic rings. The van der Waals surface area contributed by atoms with E-state index in [1.165, 1.54) is 6.07 Å². The average molecular weight is 466 g/mol. The van der Waals surface area contributed by atoms with Gasteiger partial charge in [0.05, 0.1) is 5.56 Å². The maximum Gasteiger partial charge on any atom is 0.300 e. The van der Waals surface area contributed by atoms with E-state index in [0.29, 0.717) is 43.4 Å². The van der Waals surface area contributed by atoms with Crippen LogP contribution in [0.1, 0.15) is 16.1 Å². The van der Waals surface area contributed by atoms with Crippen LogP contribution in [0.2, 0.25) is 0 Å². The molecule has 1 aromatic carbocycles. The molecule has 0 radical (unpaired) electrons. The number of halogens is 2. The second-order valence-electron chi connectivity index (χ2n) is 6.17. The van der Waals surface area contributed by atoms with E-state index >= 15 is 0 Å². The summed E-state index contributed by atoms with van der Waals surface area (Å²) in [6, 6.07) is 8.89. The van der Waals surface area contributed by atoms with E-state index in [9.17, 15) is 9.18 Å². The summed E-state index contributed by atoms with van der Waals surface area (Å²) in [4.78, 5) is 25.0. The van der Waals surface area contributed by atoms with Crippen LogP contribution in [0.15, 0.2) is 34.7 Å². The number of aryl methyl sites for hydroxylation is 1. The van der Waals surface area contributed by atoms with E-state index in [-0.39, 0.29) is 11.5 Å². The van der Waals surface area contributed by atoms with Crippen molar-refractivity contribution in [1.29, 1.82) is 0 Å². The number of hydrogen-bond acceptors (Lipinski definition) is 5. The number of pyridine rings is 1. The summed E-state index contributed by atoms with van der Waals surface area (Å²) in [5.74, 6) is -0.766. The fourth-order valence-corrected chi connectivity index (χ4v) is 3.42. The SMILES string of the molecule is Cc1ccc2oc(N3CCN(C(=O)c4ccc(I)cc4F)CC3)nc2n1. The number of anilines is 1. The van der Waals surface area contributed by atoms with Gasteiger partial charge in [-0.25, -0.2) is 9.37 Å². The first-order chi connectivity index (χ1) is 12.5. The van der Waals surface area contributed by atoms with Crippen LogP contribution in [-0.4, -0.2) is 47.0 Å². The summed E-state index contributed by atoms with van der Waals surface area (Å²) in [6.07, 6.45) is 0. The highest BCUT2D eigenvalue weighted by Gasteiger charge is 2.26. The molecule has 1 aliphatic heterocycles. The highest BCUT2D eigenvalue weighted by atomic mass is 127. The number of carbonyl (C=O) groups is 1. The lowest BCUT2D eigenvalue weighted by Crippen LogP contribution is -2.49. The van der Waals surface area contributed by atoms with Crippen LogP contribution in [-0.2, 0) is 0 Å². The van der Waals surface area contributed by atoms with E-state index < -0.39 is 5.82 Å². The van der Waals surface area contributed by atoms with Crippen molar-refractivity contribution in [3.8, 4) is 0 Å². The Bertz CT molecular complexity index is 982. The Labute approximate surface area is 163 Å². The van der Waals surface area contributed by atoms with Crippen LogP contribution in [0.4, 0.5) is 10.4 Å². The van der Waals surface area contributed by atoms with Gasteiger partial charge in [-0.1, -0.05) is 0 Å². The van der Waals surface area contributed by atoms with Gasteiger partial charge in [-0.2, -0.15) is 4.98 Å². The zero-order chi connectivity index (χ0) is 18.3. The molecule has 2 aromatic heterocycles. The predicted molar refractivity (Wildman–Crippen MR) is 104 cm³/mol. The molecule has 8 heteroatoms. The van der Waals surface area contributed by atoms with Gasteiger partial charge in [0.1, 0.15) is 5.82 Å². The third-order valence-corrected chi connectivity index (χ3v) is 5.05. The molecule has 0 spiro atoms. The molecule has 0 atom stereocenters.